The molecule has 1 aliphatic rings. The Kier molecular flexibility index (Phi) is 7.15. The maximum atomic E-state index is 13.5. The highest BCUT2D eigenvalue weighted by atomic mass is 16.5. The molecule has 3 aromatic rings. The molecule has 0 aliphatic carbocycles. The number of anilines is 2. The van der Waals surface area contributed by atoms with Gasteiger partial charge in [-0.3, -0.25) is 9.59 Å². The molecule has 4 amide bonds. The topological polar surface area (TPSA) is 79.0 Å². The van der Waals surface area contributed by atoms with Crippen LogP contribution in [0, 0.1) is 6.92 Å². The van der Waals surface area contributed by atoms with Crippen LogP contribution in [0.5, 0.6) is 5.75 Å². The van der Waals surface area contributed by atoms with Gasteiger partial charge in [0, 0.05) is 12.2 Å². The number of imide groups is 1. The highest BCUT2D eigenvalue weighted by Gasteiger charge is 2.46. The summed E-state index contributed by atoms with van der Waals surface area (Å²) in [6.07, 6.45) is 0.757. The number of hydrogen-bond acceptors (Lipinski definition) is 4. The number of hydrogen-bond donors (Lipinski definition) is 1. The van der Waals surface area contributed by atoms with E-state index in [0.717, 1.165) is 23.1 Å². The van der Waals surface area contributed by atoms with E-state index in [-0.39, 0.29) is 18.9 Å². The SMILES string of the molecule is CCc1ccc(NC(=O)CC2C(=O)N(c3cccc(C)c3)C(=O)N2Cc2cccc(OC)c2)cc1. The number of nitrogens with zero attached hydrogens (tertiary/aromatic N) is 2. The summed E-state index contributed by atoms with van der Waals surface area (Å²) in [5, 5.41) is 2.85. The number of ether oxygens (including phenoxy) is 1. The third-order valence-corrected chi connectivity index (χ3v) is 6.09. The van der Waals surface area contributed by atoms with Crippen molar-refractivity contribution in [2.24, 2.45) is 0 Å². The van der Waals surface area contributed by atoms with E-state index in [1.54, 1.807) is 25.3 Å². The standard InChI is InChI=1S/C28H29N3O4/c1-4-20-11-13-22(14-12-20)29-26(32)17-25-27(33)31(23-9-5-7-19(2)15-23)28(34)30(25)18-21-8-6-10-24(16-21)35-3/h5-16,25H,4,17-18H2,1-3H3,(H,29,32). The molecule has 0 bridgehead atoms. The summed E-state index contributed by atoms with van der Waals surface area (Å²) in [6, 6.07) is 20.8. The van der Waals surface area contributed by atoms with Crippen molar-refractivity contribution < 1.29 is 19.1 Å². The van der Waals surface area contributed by atoms with Gasteiger partial charge in [0.2, 0.25) is 5.91 Å². The van der Waals surface area contributed by atoms with Gasteiger partial charge >= 0.3 is 6.03 Å². The number of nitrogens with one attached hydrogen (secondary N) is 1. The number of carbonyl (C=O) groups is 3. The van der Waals surface area contributed by atoms with E-state index in [2.05, 4.69) is 12.2 Å². The normalized spacial score (nSPS) is 15.5. The number of benzene rings is 3. The number of carbonyl (C=O) groups excluding carboxylic acids is 3. The summed E-state index contributed by atoms with van der Waals surface area (Å²) in [4.78, 5) is 42.5. The highest BCUT2D eigenvalue weighted by Crippen LogP contribution is 2.29. The van der Waals surface area contributed by atoms with Gasteiger partial charge < -0.3 is 15.0 Å². The van der Waals surface area contributed by atoms with Gasteiger partial charge in [-0.25, -0.2) is 9.69 Å². The lowest BCUT2D eigenvalue weighted by atomic mass is 10.1. The Morgan fingerprint density at radius 2 is 1.71 bits per heavy atom. The molecule has 35 heavy (non-hydrogen) atoms. The van der Waals surface area contributed by atoms with Gasteiger partial charge in [-0.2, -0.15) is 0 Å². The van der Waals surface area contributed by atoms with Crippen LogP contribution in [0.1, 0.15) is 30.0 Å². The molecule has 1 atom stereocenters. The smallest absolute Gasteiger partial charge is 0.332 e. The number of urea groups is 1. The summed E-state index contributed by atoms with van der Waals surface area (Å²) in [6.45, 7) is 4.14. The second-order valence-electron chi connectivity index (χ2n) is 8.59. The van der Waals surface area contributed by atoms with Crippen molar-refractivity contribution in [3.05, 3.63) is 89.5 Å². The summed E-state index contributed by atoms with van der Waals surface area (Å²) >= 11 is 0. The van der Waals surface area contributed by atoms with E-state index < -0.39 is 18.0 Å². The van der Waals surface area contributed by atoms with Gasteiger partial charge in [0.1, 0.15) is 11.8 Å². The van der Waals surface area contributed by atoms with Crippen molar-refractivity contribution in [1.82, 2.24) is 4.90 Å². The number of aryl methyl sites for hydroxylation is 2. The van der Waals surface area contributed by atoms with Gasteiger partial charge in [-0.1, -0.05) is 43.3 Å². The molecular formula is C28H29N3O4. The fourth-order valence-electron chi connectivity index (χ4n) is 4.20. The molecule has 0 aromatic heterocycles. The molecule has 0 saturated carbocycles. The Labute approximate surface area is 205 Å². The second-order valence-corrected chi connectivity index (χ2v) is 8.59. The van der Waals surface area contributed by atoms with E-state index in [0.29, 0.717) is 17.1 Å². The zero-order chi connectivity index (χ0) is 24.9. The van der Waals surface area contributed by atoms with E-state index in [1.165, 1.54) is 9.80 Å². The van der Waals surface area contributed by atoms with Gasteiger partial charge in [-0.15, -0.1) is 0 Å². The molecule has 180 valence electrons. The minimum Gasteiger partial charge on any atom is -0.497 e. The first kappa shape index (κ1) is 24.0. The van der Waals surface area contributed by atoms with Crippen molar-refractivity contribution in [3.63, 3.8) is 0 Å². The summed E-state index contributed by atoms with van der Waals surface area (Å²) in [7, 11) is 1.57. The van der Waals surface area contributed by atoms with Gasteiger partial charge in [0.25, 0.3) is 5.91 Å². The number of amides is 4. The molecule has 1 heterocycles. The monoisotopic (exact) mass is 471 g/mol. The fourth-order valence-corrected chi connectivity index (χ4v) is 4.20. The average molecular weight is 472 g/mol. The van der Waals surface area contributed by atoms with Crippen molar-refractivity contribution in [2.45, 2.75) is 39.3 Å². The zero-order valence-corrected chi connectivity index (χ0v) is 20.2. The molecule has 0 spiro atoms. The number of methoxy groups -OCH3 is 1. The van der Waals surface area contributed by atoms with Crippen molar-refractivity contribution in [1.29, 1.82) is 0 Å². The molecule has 0 radical (unpaired) electrons. The zero-order valence-electron chi connectivity index (χ0n) is 20.2. The first-order chi connectivity index (χ1) is 16.9. The first-order valence-corrected chi connectivity index (χ1v) is 11.6. The molecular weight excluding hydrogens is 442 g/mol. The average Bonchev–Trinajstić information content (AvgIpc) is 3.08. The summed E-state index contributed by atoms with van der Waals surface area (Å²) < 4.78 is 5.30. The van der Waals surface area contributed by atoms with Crippen LogP contribution in [0.25, 0.3) is 0 Å². The Morgan fingerprint density at radius 3 is 2.40 bits per heavy atom. The predicted molar refractivity (Wildman–Crippen MR) is 135 cm³/mol. The second kappa shape index (κ2) is 10.4. The molecule has 7 nitrogen and oxygen atoms in total. The van der Waals surface area contributed by atoms with Gasteiger partial charge in [0.15, 0.2) is 0 Å². The first-order valence-electron chi connectivity index (χ1n) is 11.6. The molecule has 1 saturated heterocycles. The Bertz CT molecular complexity index is 1240. The molecule has 1 N–H and O–H groups in total. The Balaban J connectivity index is 1.60. The molecule has 7 heteroatoms. The van der Waals surface area contributed by atoms with E-state index >= 15 is 0 Å². The summed E-state index contributed by atoms with van der Waals surface area (Å²) in [5.74, 6) is -0.0945. The van der Waals surface area contributed by atoms with Crippen LogP contribution in [0.3, 0.4) is 0 Å². The quantitative estimate of drug-likeness (QED) is 0.473. The molecule has 4 rings (SSSR count). The van der Waals surface area contributed by atoms with Crippen LogP contribution in [0.15, 0.2) is 72.8 Å². The summed E-state index contributed by atoms with van der Waals surface area (Å²) in [5.41, 5.74) is 4.04. The third-order valence-electron chi connectivity index (χ3n) is 6.09. The maximum absolute atomic E-state index is 13.5. The highest BCUT2D eigenvalue weighted by molar-refractivity contribution is 6.22. The minimum atomic E-state index is -0.927. The lowest BCUT2D eigenvalue weighted by Crippen LogP contribution is -2.37. The predicted octanol–water partition coefficient (Wildman–Crippen LogP) is 4.93. The molecule has 3 aromatic carbocycles. The maximum Gasteiger partial charge on any atom is 0.332 e. The van der Waals surface area contributed by atoms with Gasteiger partial charge in [0.05, 0.1) is 19.2 Å². The lowest BCUT2D eigenvalue weighted by Gasteiger charge is -2.22. The Morgan fingerprint density at radius 1 is 0.971 bits per heavy atom. The largest absolute Gasteiger partial charge is 0.497 e. The molecule has 1 fully saturated rings. The third kappa shape index (κ3) is 5.35. The van der Waals surface area contributed by atoms with E-state index in [4.69, 9.17) is 4.74 Å². The van der Waals surface area contributed by atoms with Gasteiger partial charge in [-0.05, 0) is 66.4 Å². The lowest BCUT2D eigenvalue weighted by molar-refractivity contribution is -0.124. The van der Waals surface area contributed by atoms with Crippen molar-refractivity contribution in [3.8, 4) is 5.75 Å². The van der Waals surface area contributed by atoms with Crippen molar-refractivity contribution >= 4 is 29.2 Å². The van der Waals surface area contributed by atoms with Crippen LogP contribution in [-0.4, -0.2) is 35.9 Å². The van der Waals surface area contributed by atoms with Crippen LogP contribution in [0.2, 0.25) is 0 Å². The van der Waals surface area contributed by atoms with E-state index in [1.807, 2.05) is 61.5 Å². The van der Waals surface area contributed by atoms with Crippen LogP contribution in [0.4, 0.5) is 16.2 Å². The van der Waals surface area contributed by atoms with Crippen LogP contribution >= 0.6 is 0 Å². The molecule has 1 unspecified atom stereocenters. The van der Waals surface area contributed by atoms with Crippen LogP contribution in [-0.2, 0) is 22.6 Å². The minimum absolute atomic E-state index is 0.146. The molecule has 1 aliphatic heterocycles. The fraction of sp³-hybridized carbons (Fsp3) is 0.250. The van der Waals surface area contributed by atoms with Crippen molar-refractivity contribution in [2.75, 3.05) is 17.3 Å². The number of rotatable bonds is 8. The Hall–Kier alpha value is -4.13. The van der Waals surface area contributed by atoms with E-state index in [9.17, 15) is 14.4 Å². The van der Waals surface area contributed by atoms with Crippen LogP contribution < -0.4 is 15.0 Å².